The zero-order valence-electron chi connectivity index (χ0n) is 22.4. The van der Waals surface area contributed by atoms with E-state index in [1.807, 2.05) is 76.2 Å². The molecule has 2 N–H and O–H groups in total. The maximum Gasteiger partial charge on any atom is 0.494 e. The number of amides is 1. The van der Waals surface area contributed by atoms with Crippen molar-refractivity contribution in [2.24, 2.45) is 0 Å². The number of carbonyl (C=O) groups is 2. The number of carboxylic acids is 1. The fraction of sp³-hybridized carbons (Fsp3) is 0.333. The molecular formula is C30H31BFNO6. The van der Waals surface area contributed by atoms with Crippen molar-refractivity contribution in [1.82, 2.24) is 5.32 Å². The van der Waals surface area contributed by atoms with Gasteiger partial charge in [0, 0.05) is 12.3 Å². The summed E-state index contributed by atoms with van der Waals surface area (Å²) in [5.74, 6) is -1.97. The molecule has 39 heavy (non-hydrogen) atoms. The Morgan fingerprint density at radius 3 is 2.10 bits per heavy atom. The Morgan fingerprint density at radius 1 is 0.974 bits per heavy atom. The number of halogens is 1. The van der Waals surface area contributed by atoms with Crippen LogP contribution in [0.4, 0.5) is 9.18 Å². The minimum atomic E-state index is -1.33. The normalized spacial score (nSPS) is 17.8. The number of benzene rings is 3. The van der Waals surface area contributed by atoms with E-state index in [9.17, 15) is 19.1 Å². The Hall–Kier alpha value is -3.69. The monoisotopic (exact) mass is 531 g/mol. The molecule has 1 fully saturated rings. The lowest BCUT2D eigenvalue weighted by Crippen LogP contribution is -2.43. The van der Waals surface area contributed by atoms with E-state index in [0.29, 0.717) is 11.0 Å². The van der Waals surface area contributed by atoms with E-state index < -0.39 is 42.2 Å². The summed E-state index contributed by atoms with van der Waals surface area (Å²) in [5, 5.41) is 12.2. The number of nitrogens with one attached hydrogen (secondary N) is 1. The Balaban J connectivity index is 1.26. The van der Waals surface area contributed by atoms with Crippen LogP contribution >= 0.6 is 0 Å². The average Bonchev–Trinajstić information content (AvgIpc) is 3.31. The van der Waals surface area contributed by atoms with Gasteiger partial charge in [0.15, 0.2) is 0 Å². The fourth-order valence-corrected chi connectivity index (χ4v) is 5.13. The van der Waals surface area contributed by atoms with E-state index in [0.717, 1.165) is 22.3 Å². The van der Waals surface area contributed by atoms with Crippen LogP contribution in [0.25, 0.3) is 11.1 Å². The number of carboxylic acid groups (broad SMARTS) is 1. The van der Waals surface area contributed by atoms with E-state index >= 15 is 0 Å². The summed E-state index contributed by atoms with van der Waals surface area (Å²) in [6, 6.07) is 18.7. The van der Waals surface area contributed by atoms with Crippen LogP contribution in [0.5, 0.6) is 0 Å². The van der Waals surface area contributed by atoms with Crippen LogP contribution < -0.4 is 10.8 Å². The molecule has 9 heteroatoms. The van der Waals surface area contributed by atoms with Crippen LogP contribution in [0, 0.1) is 5.82 Å². The van der Waals surface area contributed by atoms with Crippen molar-refractivity contribution in [3.63, 3.8) is 0 Å². The van der Waals surface area contributed by atoms with Crippen LogP contribution in [0.15, 0.2) is 66.7 Å². The van der Waals surface area contributed by atoms with Gasteiger partial charge in [-0.05, 0) is 73.1 Å². The third-order valence-corrected chi connectivity index (χ3v) is 7.88. The topological polar surface area (TPSA) is 94.1 Å². The van der Waals surface area contributed by atoms with Gasteiger partial charge in [-0.15, -0.1) is 0 Å². The van der Waals surface area contributed by atoms with E-state index in [-0.39, 0.29) is 18.9 Å². The molecule has 1 aliphatic heterocycles. The molecule has 0 unspecified atom stereocenters. The predicted octanol–water partition coefficient (Wildman–Crippen LogP) is 4.66. The van der Waals surface area contributed by atoms with Gasteiger partial charge in [0.2, 0.25) is 0 Å². The molecule has 202 valence electrons. The van der Waals surface area contributed by atoms with Crippen molar-refractivity contribution in [2.45, 2.75) is 57.3 Å². The second-order valence-corrected chi connectivity index (χ2v) is 11.0. The summed E-state index contributed by atoms with van der Waals surface area (Å²) < 4.78 is 32.1. The van der Waals surface area contributed by atoms with Gasteiger partial charge in [0.25, 0.3) is 0 Å². The third kappa shape index (κ3) is 5.29. The third-order valence-electron chi connectivity index (χ3n) is 7.88. The first-order valence-electron chi connectivity index (χ1n) is 12.9. The quantitative estimate of drug-likeness (QED) is 0.431. The number of alkyl carbamates (subject to hydrolysis) is 1. The lowest BCUT2D eigenvalue weighted by molar-refractivity contribution is -0.139. The minimum Gasteiger partial charge on any atom is -0.480 e. The van der Waals surface area contributed by atoms with E-state index in [4.69, 9.17) is 14.0 Å². The molecule has 0 bridgehead atoms. The summed E-state index contributed by atoms with van der Waals surface area (Å²) in [5.41, 5.74) is 3.88. The van der Waals surface area contributed by atoms with Crippen molar-refractivity contribution >= 4 is 24.6 Å². The maximum atomic E-state index is 14.5. The molecule has 0 aromatic heterocycles. The standard InChI is InChI=1S/C30H31BFNO6/c1-29(2)30(3,4)39-31(38-29)19-13-18(14-20(32)16-19)15-26(27(34)35)33-28(36)37-17-25-23-11-7-5-9-21(23)22-10-6-8-12-24(22)25/h5-14,16,25-26H,15,17H2,1-4H3,(H,33,36)(H,34,35)/t26-/m0/s1. The highest BCUT2D eigenvalue weighted by atomic mass is 19.1. The number of carbonyl (C=O) groups excluding carboxylic acids is 1. The summed E-state index contributed by atoms with van der Waals surface area (Å²) in [6.45, 7) is 7.63. The first-order valence-corrected chi connectivity index (χ1v) is 12.9. The summed E-state index contributed by atoms with van der Waals surface area (Å²) >= 11 is 0. The SMILES string of the molecule is CC1(C)OB(c2cc(F)cc(C[C@H](NC(=O)OCC3c4ccccc4-c4ccccc43)C(=O)O)c2)OC1(C)C. The van der Waals surface area contributed by atoms with Gasteiger partial charge in [-0.25, -0.2) is 14.0 Å². The summed E-state index contributed by atoms with van der Waals surface area (Å²) in [6.07, 6.45) is -1.00. The lowest BCUT2D eigenvalue weighted by atomic mass is 9.78. The highest BCUT2D eigenvalue weighted by molar-refractivity contribution is 6.62. The van der Waals surface area contributed by atoms with Gasteiger partial charge < -0.3 is 24.5 Å². The number of fused-ring (bicyclic) bond motifs is 3. The van der Waals surface area contributed by atoms with E-state index in [1.165, 1.54) is 12.1 Å². The number of hydrogen-bond acceptors (Lipinski definition) is 5. The van der Waals surface area contributed by atoms with Gasteiger partial charge in [0.1, 0.15) is 18.5 Å². The highest BCUT2D eigenvalue weighted by Gasteiger charge is 2.51. The summed E-state index contributed by atoms with van der Waals surface area (Å²) in [4.78, 5) is 24.7. The highest BCUT2D eigenvalue weighted by Crippen LogP contribution is 2.44. The van der Waals surface area contributed by atoms with Gasteiger partial charge in [-0.2, -0.15) is 0 Å². The van der Waals surface area contributed by atoms with Gasteiger partial charge in [0.05, 0.1) is 11.2 Å². The van der Waals surface area contributed by atoms with Crippen LogP contribution in [-0.2, 0) is 25.3 Å². The Bertz CT molecular complexity index is 1360. The van der Waals surface area contributed by atoms with Crippen LogP contribution in [0.3, 0.4) is 0 Å². The average molecular weight is 531 g/mol. The van der Waals surface area contributed by atoms with Crippen molar-refractivity contribution in [2.75, 3.05) is 6.61 Å². The Kier molecular flexibility index (Phi) is 6.99. The fourth-order valence-electron chi connectivity index (χ4n) is 5.13. The van der Waals surface area contributed by atoms with Crippen LogP contribution in [0.1, 0.15) is 50.3 Å². The van der Waals surface area contributed by atoms with Crippen molar-refractivity contribution in [3.8, 4) is 11.1 Å². The van der Waals surface area contributed by atoms with Crippen molar-refractivity contribution in [3.05, 3.63) is 89.2 Å². The molecule has 1 saturated heterocycles. The zero-order chi connectivity index (χ0) is 27.9. The second kappa shape index (κ2) is 10.1. The molecule has 3 aromatic carbocycles. The lowest BCUT2D eigenvalue weighted by Gasteiger charge is -2.32. The number of hydrogen-bond donors (Lipinski definition) is 2. The maximum absolute atomic E-state index is 14.5. The molecule has 0 saturated carbocycles. The molecule has 1 atom stereocenters. The predicted molar refractivity (Wildman–Crippen MR) is 145 cm³/mol. The van der Waals surface area contributed by atoms with E-state index in [1.54, 1.807) is 6.07 Å². The molecule has 0 radical (unpaired) electrons. The molecule has 1 amide bonds. The van der Waals surface area contributed by atoms with Crippen molar-refractivity contribution < 1.29 is 33.1 Å². The Morgan fingerprint density at radius 2 is 1.54 bits per heavy atom. The van der Waals surface area contributed by atoms with Crippen LogP contribution in [-0.4, -0.2) is 48.1 Å². The minimum absolute atomic E-state index is 0.0538. The largest absolute Gasteiger partial charge is 0.494 e. The first kappa shape index (κ1) is 26.9. The molecule has 5 rings (SSSR count). The first-order chi connectivity index (χ1) is 18.4. The number of ether oxygens (including phenoxy) is 1. The van der Waals surface area contributed by atoms with Crippen molar-refractivity contribution in [1.29, 1.82) is 0 Å². The Labute approximate surface area is 227 Å². The summed E-state index contributed by atoms with van der Waals surface area (Å²) in [7, 11) is -0.803. The van der Waals surface area contributed by atoms with Gasteiger partial charge in [-0.3, -0.25) is 0 Å². The molecular weight excluding hydrogens is 500 g/mol. The van der Waals surface area contributed by atoms with E-state index in [2.05, 4.69) is 5.32 Å². The molecule has 2 aliphatic rings. The zero-order valence-corrected chi connectivity index (χ0v) is 22.4. The number of rotatable bonds is 7. The molecule has 3 aromatic rings. The molecule has 0 spiro atoms. The smallest absolute Gasteiger partial charge is 0.480 e. The van der Waals surface area contributed by atoms with Gasteiger partial charge >= 0.3 is 19.2 Å². The van der Waals surface area contributed by atoms with Crippen LogP contribution in [0.2, 0.25) is 0 Å². The molecule has 7 nitrogen and oxygen atoms in total. The second-order valence-electron chi connectivity index (χ2n) is 11.0. The molecule has 1 aliphatic carbocycles. The number of aliphatic carboxylic acids is 1. The molecule has 1 heterocycles. The van der Waals surface area contributed by atoms with Gasteiger partial charge in [-0.1, -0.05) is 54.6 Å².